The standard InChI is InChI=1S/C10H15NO2S2/c1-2-8(6-12)11-9(13)7-15-10-4-3-5-14-10/h3-5,8,12H,2,6-7H2,1H3,(H,11,13)/t8-/m0/s1. The number of thiophene rings is 1. The second kappa shape index (κ2) is 6.87. The molecule has 15 heavy (non-hydrogen) atoms. The van der Waals surface area contributed by atoms with Gasteiger partial charge in [-0.15, -0.1) is 23.1 Å². The molecule has 0 radical (unpaired) electrons. The Morgan fingerprint density at radius 1 is 1.73 bits per heavy atom. The van der Waals surface area contributed by atoms with Crippen LogP contribution in [0.25, 0.3) is 0 Å². The fraction of sp³-hybridized carbons (Fsp3) is 0.500. The average molecular weight is 245 g/mol. The minimum atomic E-state index is -0.110. The summed E-state index contributed by atoms with van der Waals surface area (Å²) in [5, 5.41) is 13.7. The van der Waals surface area contributed by atoms with Gasteiger partial charge in [0.1, 0.15) is 0 Å². The van der Waals surface area contributed by atoms with Crippen LogP contribution in [0.2, 0.25) is 0 Å². The smallest absolute Gasteiger partial charge is 0.230 e. The Morgan fingerprint density at radius 3 is 3.07 bits per heavy atom. The van der Waals surface area contributed by atoms with E-state index in [0.29, 0.717) is 5.75 Å². The predicted molar refractivity (Wildman–Crippen MR) is 64.4 cm³/mol. The number of carbonyl (C=O) groups excluding carboxylic acids is 1. The highest BCUT2D eigenvalue weighted by atomic mass is 32.2. The number of hydrogen-bond donors (Lipinski definition) is 2. The van der Waals surface area contributed by atoms with Crippen LogP contribution in [-0.4, -0.2) is 29.4 Å². The molecule has 0 saturated heterocycles. The van der Waals surface area contributed by atoms with Crippen LogP contribution in [0.1, 0.15) is 13.3 Å². The minimum absolute atomic E-state index is 0.00586. The van der Waals surface area contributed by atoms with Gasteiger partial charge in [-0.1, -0.05) is 13.0 Å². The molecular weight excluding hydrogens is 230 g/mol. The molecule has 1 heterocycles. The number of thioether (sulfide) groups is 1. The van der Waals surface area contributed by atoms with E-state index in [-0.39, 0.29) is 18.6 Å². The Labute approximate surface area is 97.9 Å². The molecule has 3 nitrogen and oxygen atoms in total. The van der Waals surface area contributed by atoms with Gasteiger partial charge >= 0.3 is 0 Å². The van der Waals surface area contributed by atoms with Crippen LogP contribution in [0.4, 0.5) is 0 Å². The molecule has 1 aromatic heterocycles. The molecule has 0 fully saturated rings. The van der Waals surface area contributed by atoms with Gasteiger partial charge < -0.3 is 10.4 Å². The number of aliphatic hydroxyl groups is 1. The Bertz CT molecular complexity index is 284. The molecule has 1 atom stereocenters. The maximum Gasteiger partial charge on any atom is 0.230 e. The van der Waals surface area contributed by atoms with Crippen molar-refractivity contribution in [3.05, 3.63) is 17.5 Å². The number of nitrogens with one attached hydrogen (secondary N) is 1. The van der Waals surface area contributed by atoms with Crippen molar-refractivity contribution in [2.75, 3.05) is 12.4 Å². The van der Waals surface area contributed by atoms with Crippen molar-refractivity contribution in [3.63, 3.8) is 0 Å². The van der Waals surface area contributed by atoms with Crippen molar-refractivity contribution in [3.8, 4) is 0 Å². The van der Waals surface area contributed by atoms with E-state index < -0.39 is 0 Å². The van der Waals surface area contributed by atoms with E-state index in [9.17, 15) is 4.79 Å². The summed E-state index contributed by atoms with van der Waals surface area (Å²) in [6, 6.07) is 3.85. The van der Waals surface area contributed by atoms with E-state index in [1.54, 1.807) is 11.3 Å². The summed E-state index contributed by atoms with van der Waals surface area (Å²) in [4.78, 5) is 11.4. The van der Waals surface area contributed by atoms with Crippen LogP contribution in [0.5, 0.6) is 0 Å². The van der Waals surface area contributed by atoms with E-state index in [2.05, 4.69) is 5.32 Å². The monoisotopic (exact) mass is 245 g/mol. The molecule has 2 N–H and O–H groups in total. The predicted octanol–water partition coefficient (Wildman–Crippen LogP) is 1.73. The fourth-order valence-corrected chi connectivity index (χ4v) is 2.62. The molecule has 0 unspecified atom stereocenters. The van der Waals surface area contributed by atoms with Crippen molar-refractivity contribution in [1.82, 2.24) is 5.32 Å². The maximum absolute atomic E-state index is 11.4. The molecule has 0 aliphatic carbocycles. The average Bonchev–Trinajstić information content (AvgIpc) is 2.75. The summed E-state index contributed by atoms with van der Waals surface area (Å²) in [6.07, 6.45) is 0.756. The normalized spacial score (nSPS) is 12.4. The molecule has 1 rings (SSSR count). The van der Waals surface area contributed by atoms with Crippen LogP contribution in [-0.2, 0) is 4.79 Å². The van der Waals surface area contributed by atoms with E-state index in [1.807, 2.05) is 24.4 Å². The molecule has 0 aliphatic heterocycles. The van der Waals surface area contributed by atoms with E-state index in [0.717, 1.165) is 10.6 Å². The second-order valence-electron chi connectivity index (χ2n) is 3.08. The highest BCUT2D eigenvalue weighted by Gasteiger charge is 2.09. The van der Waals surface area contributed by atoms with Crippen molar-refractivity contribution in [2.45, 2.75) is 23.6 Å². The van der Waals surface area contributed by atoms with Gasteiger partial charge in [-0.05, 0) is 17.9 Å². The summed E-state index contributed by atoms with van der Waals surface area (Å²) in [5.41, 5.74) is 0. The first-order chi connectivity index (χ1) is 7.26. The van der Waals surface area contributed by atoms with Gasteiger partial charge in [0.25, 0.3) is 0 Å². The number of rotatable bonds is 6. The van der Waals surface area contributed by atoms with Crippen LogP contribution in [0, 0.1) is 0 Å². The quantitative estimate of drug-likeness (QED) is 0.750. The van der Waals surface area contributed by atoms with Crippen LogP contribution in [0.3, 0.4) is 0 Å². The Morgan fingerprint density at radius 2 is 2.53 bits per heavy atom. The zero-order valence-corrected chi connectivity index (χ0v) is 10.2. The lowest BCUT2D eigenvalue weighted by Crippen LogP contribution is -2.37. The molecule has 0 spiro atoms. The van der Waals surface area contributed by atoms with Crippen LogP contribution < -0.4 is 5.32 Å². The number of amides is 1. The first kappa shape index (κ1) is 12.5. The Balaban J connectivity index is 2.24. The highest BCUT2D eigenvalue weighted by molar-refractivity contribution is 8.01. The summed E-state index contributed by atoms with van der Waals surface area (Å²) < 4.78 is 1.14. The Hall–Kier alpha value is -0.520. The maximum atomic E-state index is 11.4. The summed E-state index contributed by atoms with van der Waals surface area (Å²) in [5.74, 6) is 0.395. The molecule has 0 aromatic carbocycles. The van der Waals surface area contributed by atoms with Gasteiger partial charge in [-0.3, -0.25) is 4.79 Å². The molecule has 1 amide bonds. The number of aliphatic hydroxyl groups excluding tert-OH is 1. The molecule has 1 aromatic rings. The highest BCUT2D eigenvalue weighted by Crippen LogP contribution is 2.22. The van der Waals surface area contributed by atoms with Gasteiger partial charge in [0.15, 0.2) is 0 Å². The first-order valence-electron chi connectivity index (χ1n) is 4.82. The largest absolute Gasteiger partial charge is 0.394 e. The van der Waals surface area contributed by atoms with Crippen molar-refractivity contribution in [1.29, 1.82) is 0 Å². The summed E-state index contributed by atoms with van der Waals surface area (Å²) in [6.45, 7) is 1.94. The number of carbonyl (C=O) groups is 1. The molecule has 0 saturated carbocycles. The van der Waals surface area contributed by atoms with Crippen molar-refractivity contribution in [2.24, 2.45) is 0 Å². The van der Waals surface area contributed by atoms with Gasteiger partial charge in [0.05, 0.1) is 22.6 Å². The number of hydrogen-bond acceptors (Lipinski definition) is 4. The van der Waals surface area contributed by atoms with Crippen LogP contribution >= 0.6 is 23.1 Å². The third-order valence-corrected chi connectivity index (χ3v) is 4.05. The lowest BCUT2D eigenvalue weighted by atomic mass is 10.2. The van der Waals surface area contributed by atoms with Crippen molar-refractivity contribution < 1.29 is 9.90 Å². The molecule has 0 aliphatic rings. The third kappa shape index (κ3) is 4.68. The van der Waals surface area contributed by atoms with E-state index in [1.165, 1.54) is 11.8 Å². The summed E-state index contributed by atoms with van der Waals surface area (Å²) in [7, 11) is 0. The molecule has 84 valence electrons. The van der Waals surface area contributed by atoms with Crippen LogP contribution in [0.15, 0.2) is 21.7 Å². The molecule has 5 heteroatoms. The van der Waals surface area contributed by atoms with Gasteiger partial charge in [0, 0.05) is 0 Å². The fourth-order valence-electron chi connectivity index (χ4n) is 1.03. The lowest BCUT2D eigenvalue weighted by Gasteiger charge is -2.13. The van der Waals surface area contributed by atoms with Crippen molar-refractivity contribution >= 4 is 29.0 Å². The van der Waals surface area contributed by atoms with E-state index in [4.69, 9.17) is 5.11 Å². The van der Waals surface area contributed by atoms with Gasteiger partial charge in [0.2, 0.25) is 5.91 Å². The van der Waals surface area contributed by atoms with E-state index >= 15 is 0 Å². The zero-order valence-electron chi connectivity index (χ0n) is 8.60. The lowest BCUT2D eigenvalue weighted by molar-refractivity contribution is -0.119. The Kier molecular flexibility index (Phi) is 5.75. The minimum Gasteiger partial charge on any atom is -0.394 e. The SMILES string of the molecule is CC[C@@H](CO)NC(=O)CSc1cccs1. The molecule has 0 bridgehead atoms. The third-order valence-electron chi connectivity index (χ3n) is 1.92. The molecular formula is C10H15NO2S2. The van der Waals surface area contributed by atoms with Gasteiger partial charge in [-0.25, -0.2) is 0 Å². The summed E-state index contributed by atoms with van der Waals surface area (Å²) >= 11 is 3.15. The van der Waals surface area contributed by atoms with Gasteiger partial charge in [-0.2, -0.15) is 0 Å². The zero-order chi connectivity index (χ0) is 11.1. The topological polar surface area (TPSA) is 49.3 Å². The first-order valence-corrected chi connectivity index (χ1v) is 6.69. The second-order valence-corrected chi connectivity index (χ2v) is 5.30.